The van der Waals surface area contributed by atoms with Crippen LogP contribution in [0.15, 0.2) is 11.8 Å². The third-order valence-electron chi connectivity index (χ3n) is 4.83. The zero-order valence-electron chi connectivity index (χ0n) is 14.0. The first-order valence-electron chi connectivity index (χ1n) is 8.27. The largest absolute Gasteiger partial charge is 0.328 e. The number of nitrogens with two attached hydrogens (primary N) is 1. The van der Waals surface area contributed by atoms with Crippen LogP contribution in [0.2, 0.25) is 0 Å². The van der Waals surface area contributed by atoms with Gasteiger partial charge >= 0.3 is 6.03 Å². The number of allylic oxidation sites excluding steroid dienone is 1. The summed E-state index contributed by atoms with van der Waals surface area (Å²) in [4.78, 5) is 14.7. The first kappa shape index (κ1) is 16.3. The smallest absolute Gasteiger partial charge is 0.322 e. The SMILES string of the molecule is CC1(C)CC(N)CC(C)(C)N1C(=O)NC=C1CCCCC1. The molecule has 2 rings (SSSR count). The number of piperidine rings is 1. The van der Waals surface area contributed by atoms with Crippen LogP contribution in [0, 0.1) is 0 Å². The fourth-order valence-corrected chi connectivity index (χ4v) is 4.29. The minimum absolute atomic E-state index is 0.00923. The Hall–Kier alpha value is -1.03. The number of likely N-dealkylation sites (tertiary alicyclic amines) is 1. The van der Waals surface area contributed by atoms with E-state index in [0.29, 0.717) is 0 Å². The summed E-state index contributed by atoms with van der Waals surface area (Å²) < 4.78 is 0. The standard InChI is InChI=1S/C17H31N3O/c1-16(2)10-14(18)11-17(3,4)20(16)15(21)19-12-13-8-6-5-7-9-13/h12,14H,5-11,18H2,1-4H3,(H,19,21). The van der Waals surface area contributed by atoms with Crippen LogP contribution in [-0.2, 0) is 0 Å². The van der Waals surface area contributed by atoms with E-state index in [9.17, 15) is 4.79 Å². The number of rotatable bonds is 1. The van der Waals surface area contributed by atoms with Crippen molar-refractivity contribution in [1.82, 2.24) is 10.2 Å². The summed E-state index contributed by atoms with van der Waals surface area (Å²) >= 11 is 0. The highest BCUT2D eigenvalue weighted by Gasteiger charge is 2.46. The van der Waals surface area contributed by atoms with Crippen molar-refractivity contribution in [2.75, 3.05) is 0 Å². The molecule has 0 bridgehead atoms. The first-order chi connectivity index (χ1) is 9.72. The number of nitrogens with one attached hydrogen (secondary N) is 1. The summed E-state index contributed by atoms with van der Waals surface area (Å²) in [5.74, 6) is 0. The molecule has 0 unspecified atom stereocenters. The Bertz CT molecular complexity index is 400. The van der Waals surface area contributed by atoms with Crippen molar-refractivity contribution in [2.24, 2.45) is 5.73 Å². The summed E-state index contributed by atoms with van der Waals surface area (Å²) in [5.41, 5.74) is 7.12. The second kappa shape index (κ2) is 5.99. The molecule has 1 aliphatic heterocycles. The van der Waals surface area contributed by atoms with Crippen LogP contribution in [0.25, 0.3) is 0 Å². The lowest BCUT2D eigenvalue weighted by Gasteiger charge is -2.54. The summed E-state index contributed by atoms with van der Waals surface area (Å²) in [6, 6.07) is 0.172. The fourth-order valence-electron chi connectivity index (χ4n) is 4.29. The molecule has 0 spiro atoms. The lowest BCUT2D eigenvalue weighted by Crippen LogP contribution is -2.66. The third kappa shape index (κ3) is 3.79. The van der Waals surface area contributed by atoms with Gasteiger partial charge in [-0.2, -0.15) is 0 Å². The molecule has 3 N–H and O–H groups in total. The Kier molecular flexibility index (Phi) is 4.66. The highest BCUT2D eigenvalue weighted by Crippen LogP contribution is 2.37. The summed E-state index contributed by atoms with van der Waals surface area (Å²) in [6.45, 7) is 8.45. The number of hydrogen-bond donors (Lipinski definition) is 2. The lowest BCUT2D eigenvalue weighted by molar-refractivity contribution is 0.00439. The van der Waals surface area contributed by atoms with Crippen molar-refractivity contribution in [3.8, 4) is 0 Å². The van der Waals surface area contributed by atoms with E-state index in [1.807, 2.05) is 11.1 Å². The van der Waals surface area contributed by atoms with Crippen molar-refractivity contribution in [1.29, 1.82) is 0 Å². The maximum absolute atomic E-state index is 12.7. The number of amides is 2. The zero-order chi connectivity index (χ0) is 15.7. The van der Waals surface area contributed by atoms with Gasteiger partial charge < -0.3 is 16.0 Å². The van der Waals surface area contributed by atoms with E-state index in [-0.39, 0.29) is 23.2 Å². The number of carbonyl (C=O) groups is 1. The molecule has 2 fully saturated rings. The maximum Gasteiger partial charge on any atom is 0.322 e. The van der Waals surface area contributed by atoms with Crippen LogP contribution in [0.1, 0.15) is 72.6 Å². The monoisotopic (exact) mass is 293 g/mol. The zero-order valence-corrected chi connectivity index (χ0v) is 14.0. The van der Waals surface area contributed by atoms with Crippen LogP contribution in [0.4, 0.5) is 4.79 Å². The van der Waals surface area contributed by atoms with Gasteiger partial charge in [0.25, 0.3) is 0 Å². The van der Waals surface area contributed by atoms with Gasteiger partial charge in [0.2, 0.25) is 0 Å². The average Bonchev–Trinajstić information content (AvgIpc) is 2.34. The van der Waals surface area contributed by atoms with E-state index in [1.165, 1.54) is 24.8 Å². The molecule has 4 nitrogen and oxygen atoms in total. The molecule has 0 atom stereocenters. The molecule has 4 heteroatoms. The third-order valence-corrected chi connectivity index (χ3v) is 4.83. The second-order valence-corrected chi connectivity index (χ2v) is 7.94. The number of nitrogens with zero attached hydrogens (tertiary/aromatic N) is 1. The first-order valence-corrected chi connectivity index (χ1v) is 8.27. The molecular weight excluding hydrogens is 262 g/mol. The van der Waals surface area contributed by atoms with E-state index in [2.05, 4.69) is 33.0 Å². The summed E-state index contributed by atoms with van der Waals surface area (Å²) in [5, 5.41) is 3.03. The molecule has 1 heterocycles. The molecule has 0 radical (unpaired) electrons. The van der Waals surface area contributed by atoms with Crippen molar-refractivity contribution < 1.29 is 4.79 Å². The van der Waals surface area contributed by atoms with Gasteiger partial charge in [0.05, 0.1) is 0 Å². The molecule has 1 aliphatic carbocycles. The molecule has 1 saturated carbocycles. The van der Waals surface area contributed by atoms with Crippen molar-refractivity contribution in [3.05, 3.63) is 11.8 Å². The van der Waals surface area contributed by atoms with Gasteiger partial charge in [-0.05, 0) is 66.2 Å². The van der Waals surface area contributed by atoms with Crippen molar-refractivity contribution in [3.63, 3.8) is 0 Å². The summed E-state index contributed by atoms with van der Waals surface area (Å²) in [7, 11) is 0. The van der Waals surface area contributed by atoms with Gasteiger partial charge in [-0.15, -0.1) is 0 Å². The Morgan fingerprint density at radius 3 is 2.19 bits per heavy atom. The maximum atomic E-state index is 12.7. The molecule has 0 aromatic carbocycles. The second-order valence-electron chi connectivity index (χ2n) is 7.94. The van der Waals surface area contributed by atoms with Crippen LogP contribution in [0.5, 0.6) is 0 Å². The van der Waals surface area contributed by atoms with E-state index < -0.39 is 0 Å². The van der Waals surface area contributed by atoms with Crippen LogP contribution >= 0.6 is 0 Å². The van der Waals surface area contributed by atoms with E-state index in [4.69, 9.17) is 5.73 Å². The van der Waals surface area contributed by atoms with Crippen molar-refractivity contribution >= 4 is 6.03 Å². The molecule has 2 amide bonds. The van der Waals surface area contributed by atoms with Crippen LogP contribution < -0.4 is 11.1 Å². The summed E-state index contributed by atoms with van der Waals surface area (Å²) in [6.07, 6.45) is 9.70. The molecule has 2 aliphatic rings. The molecule has 1 saturated heterocycles. The molecular formula is C17H31N3O. The minimum Gasteiger partial charge on any atom is -0.328 e. The molecule has 0 aromatic rings. The lowest BCUT2D eigenvalue weighted by atomic mass is 9.77. The fraction of sp³-hybridized carbons (Fsp3) is 0.824. The Balaban J connectivity index is 2.08. The van der Waals surface area contributed by atoms with Crippen molar-refractivity contribution in [2.45, 2.75) is 89.8 Å². The van der Waals surface area contributed by atoms with Gasteiger partial charge in [0.15, 0.2) is 0 Å². The van der Waals surface area contributed by atoms with Gasteiger partial charge in [-0.25, -0.2) is 4.79 Å². The predicted octanol–water partition coefficient (Wildman–Crippen LogP) is 3.52. The topological polar surface area (TPSA) is 58.4 Å². The van der Waals surface area contributed by atoms with E-state index >= 15 is 0 Å². The number of carbonyl (C=O) groups excluding carboxylic acids is 1. The highest BCUT2D eigenvalue weighted by molar-refractivity contribution is 5.77. The van der Waals surface area contributed by atoms with Crippen LogP contribution in [-0.4, -0.2) is 28.1 Å². The average molecular weight is 293 g/mol. The van der Waals surface area contributed by atoms with Gasteiger partial charge in [-0.1, -0.05) is 12.0 Å². The van der Waals surface area contributed by atoms with E-state index in [1.54, 1.807) is 0 Å². The number of urea groups is 1. The van der Waals surface area contributed by atoms with Crippen LogP contribution in [0.3, 0.4) is 0 Å². The molecule has 21 heavy (non-hydrogen) atoms. The van der Waals surface area contributed by atoms with E-state index in [0.717, 1.165) is 25.7 Å². The van der Waals surface area contributed by atoms with Gasteiger partial charge in [-0.3, -0.25) is 0 Å². The van der Waals surface area contributed by atoms with Gasteiger partial charge in [0.1, 0.15) is 0 Å². The Labute approximate surface area is 129 Å². The molecule has 120 valence electrons. The highest BCUT2D eigenvalue weighted by atomic mass is 16.2. The number of hydrogen-bond acceptors (Lipinski definition) is 2. The minimum atomic E-state index is -0.212. The normalized spacial score (nSPS) is 25.6. The Morgan fingerprint density at radius 2 is 1.67 bits per heavy atom. The van der Waals surface area contributed by atoms with Gasteiger partial charge in [0, 0.05) is 23.3 Å². The predicted molar refractivity (Wildman–Crippen MR) is 86.9 cm³/mol. The quantitative estimate of drug-likeness (QED) is 0.777. The molecule has 0 aromatic heterocycles. The Morgan fingerprint density at radius 1 is 1.14 bits per heavy atom.